The third-order valence-corrected chi connectivity index (χ3v) is 3.72. The summed E-state index contributed by atoms with van der Waals surface area (Å²) >= 11 is 0. The molecule has 1 aromatic carbocycles. The van der Waals surface area contributed by atoms with E-state index in [2.05, 4.69) is 27.6 Å². The molecule has 5 heteroatoms. The molecular formula is C16H19N3O2. The minimum absolute atomic E-state index is 0.0427. The average Bonchev–Trinajstić information content (AvgIpc) is 3.20. The van der Waals surface area contributed by atoms with E-state index in [-0.39, 0.29) is 11.8 Å². The molecule has 1 N–H and O–H groups in total. The van der Waals surface area contributed by atoms with Gasteiger partial charge in [0, 0.05) is 19.9 Å². The second-order valence-corrected chi connectivity index (χ2v) is 5.51. The molecule has 0 aliphatic heterocycles. The summed E-state index contributed by atoms with van der Waals surface area (Å²) < 4.78 is 5.47. The Morgan fingerprint density at radius 2 is 2.14 bits per heavy atom. The van der Waals surface area contributed by atoms with Crippen LogP contribution in [0.1, 0.15) is 43.0 Å². The monoisotopic (exact) mass is 285 g/mol. The number of aromatic nitrogens is 2. The van der Waals surface area contributed by atoms with Gasteiger partial charge < -0.3 is 9.84 Å². The summed E-state index contributed by atoms with van der Waals surface area (Å²) in [5, 5.41) is 6.77. The van der Waals surface area contributed by atoms with Crippen molar-refractivity contribution in [3.8, 4) is 0 Å². The van der Waals surface area contributed by atoms with E-state index in [1.54, 1.807) is 0 Å². The van der Waals surface area contributed by atoms with Crippen molar-refractivity contribution in [1.82, 2.24) is 15.5 Å². The van der Waals surface area contributed by atoms with Gasteiger partial charge in [-0.15, -0.1) is 0 Å². The minimum atomic E-state index is -0.0427. The summed E-state index contributed by atoms with van der Waals surface area (Å²) in [6.07, 6.45) is 3.02. The second-order valence-electron chi connectivity index (χ2n) is 5.51. The predicted molar refractivity (Wildman–Crippen MR) is 77.7 cm³/mol. The number of carbonyl (C=O) groups excluding carboxylic acids is 1. The number of nitrogens with zero attached hydrogens (tertiary/aromatic N) is 2. The van der Waals surface area contributed by atoms with Crippen molar-refractivity contribution in [2.24, 2.45) is 5.92 Å². The van der Waals surface area contributed by atoms with E-state index in [9.17, 15) is 4.79 Å². The maximum Gasteiger partial charge on any atom is 0.234 e. The summed E-state index contributed by atoms with van der Waals surface area (Å²) in [6, 6.07) is 10.3. The lowest BCUT2D eigenvalue weighted by Gasteiger charge is -2.11. The zero-order chi connectivity index (χ0) is 14.7. The summed E-state index contributed by atoms with van der Waals surface area (Å²) in [5.74, 6) is 2.12. The van der Waals surface area contributed by atoms with E-state index >= 15 is 0 Å². The average molecular weight is 285 g/mol. The fraction of sp³-hybridized carbons (Fsp3) is 0.438. The quantitative estimate of drug-likeness (QED) is 0.884. The molecule has 3 rings (SSSR count). The zero-order valence-corrected chi connectivity index (χ0v) is 12.1. The van der Waals surface area contributed by atoms with Gasteiger partial charge in [-0.3, -0.25) is 4.79 Å². The van der Waals surface area contributed by atoms with Crippen LogP contribution in [0.25, 0.3) is 0 Å². The van der Waals surface area contributed by atoms with Crippen molar-refractivity contribution >= 4 is 5.91 Å². The largest absolute Gasteiger partial charge is 0.356 e. The van der Waals surface area contributed by atoms with Crippen LogP contribution in [-0.4, -0.2) is 22.6 Å². The van der Waals surface area contributed by atoms with Crippen LogP contribution < -0.4 is 5.32 Å². The molecule has 0 bridgehead atoms. The fourth-order valence-electron chi connectivity index (χ4n) is 2.55. The van der Waals surface area contributed by atoms with Gasteiger partial charge in [0.1, 0.15) is 0 Å². The summed E-state index contributed by atoms with van der Waals surface area (Å²) in [5.41, 5.74) is 1.23. The molecule has 5 nitrogen and oxygen atoms in total. The van der Waals surface area contributed by atoms with Gasteiger partial charge >= 0.3 is 0 Å². The van der Waals surface area contributed by atoms with Crippen molar-refractivity contribution in [1.29, 1.82) is 0 Å². The lowest BCUT2D eigenvalue weighted by Crippen LogP contribution is -2.22. The number of nitrogens with one attached hydrogen (secondary N) is 1. The van der Waals surface area contributed by atoms with Crippen LogP contribution in [0.3, 0.4) is 0 Å². The molecule has 1 aromatic heterocycles. The molecule has 21 heavy (non-hydrogen) atoms. The van der Waals surface area contributed by atoms with Gasteiger partial charge in [-0.1, -0.05) is 35.5 Å². The maximum absolute atomic E-state index is 10.9. The standard InChI is InChI=1S/C16H19N3O2/c1-11(20)17-10-9-14-18-16(21-19-14)15(13-7-8-13)12-5-3-2-4-6-12/h2-6,13,15H,7-10H2,1H3,(H,17,20)/t15-/m0/s1. The third kappa shape index (κ3) is 3.48. The van der Waals surface area contributed by atoms with Gasteiger partial charge in [-0.2, -0.15) is 4.98 Å². The Balaban J connectivity index is 1.72. The van der Waals surface area contributed by atoms with Gasteiger partial charge in [0.15, 0.2) is 5.82 Å². The molecule has 0 saturated heterocycles. The smallest absolute Gasteiger partial charge is 0.234 e. The first-order chi connectivity index (χ1) is 10.2. The molecule has 1 atom stereocenters. The number of rotatable bonds is 6. The Bertz CT molecular complexity index is 605. The van der Waals surface area contributed by atoms with Gasteiger partial charge in [-0.05, 0) is 24.3 Å². The zero-order valence-electron chi connectivity index (χ0n) is 12.1. The molecule has 110 valence electrons. The van der Waals surface area contributed by atoms with Gasteiger partial charge in [-0.25, -0.2) is 0 Å². The molecule has 1 aliphatic carbocycles. The predicted octanol–water partition coefficient (Wildman–Crippen LogP) is 2.29. The van der Waals surface area contributed by atoms with Crippen LogP contribution >= 0.6 is 0 Å². The number of benzene rings is 1. The minimum Gasteiger partial charge on any atom is -0.356 e. The molecule has 0 spiro atoms. The molecule has 1 saturated carbocycles. The van der Waals surface area contributed by atoms with Crippen molar-refractivity contribution in [3.05, 3.63) is 47.6 Å². The third-order valence-electron chi connectivity index (χ3n) is 3.72. The lowest BCUT2D eigenvalue weighted by molar-refractivity contribution is -0.118. The first-order valence-electron chi connectivity index (χ1n) is 7.36. The molecular weight excluding hydrogens is 266 g/mol. The van der Waals surface area contributed by atoms with Crippen LogP contribution in [0.5, 0.6) is 0 Å². The Morgan fingerprint density at radius 3 is 2.81 bits per heavy atom. The summed E-state index contributed by atoms with van der Waals surface area (Å²) in [7, 11) is 0. The second kappa shape index (κ2) is 6.08. The van der Waals surface area contributed by atoms with Crippen molar-refractivity contribution in [2.45, 2.75) is 32.1 Å². The summed E-state index contributed by atoms with van der Waals surface area (Å²) in [6.45, 7) is 2.04. The Hall–Kier alpha value is -2.17. The van der Waals surface area contributed by atoms with E-state index in [0.29, 0.717) is 30.6 Å². The first kappa shape index (κ1) is 13.8. The van der Waals surface area contributed by atoms with Crippen LogP contribution in [0.4, 0.5) is 0 Å². The highest BCUT2D eigenvalue weighted by Crippen LogP contribution is 2.45. The van der Waals surface area contributed by atoms with Crippen LogP contribution in [-0.2, 0) is 11.2 Å². The van der Waals surface area contributed by atoms with E-state index in [4.69, 9.17) is 4.52 Å². The topological polar surface area (TPSA) is 68.0 Å². The normalized spacial score (nSPS) is 15.7. The van der Waals surface area contributed by atoms with Gasteiger partial charge in [0.05, 0.1) is 5.92 Å². The lowest BCUT2D eigenvalue weighted by atomic mass is 9.94. The van der Waals surface area contributed by atoms with E-state index in [0.717, 1.165) is 0 Å². The Morgan fingerprint density at radius 1 is 1.38 bits per heavy atom. The van der Waals surface area contributed by atoms with Crippen molar-refractivity contribution < 1.29 is 9.32 Å². The number of carbonyl (C=O) groups is 1. The molecule has 0 radical (unpaired) electrons. The maximum atomic E-state index is 10.9. The fourth-order valence-corrected chi connectivity index (χ4v) is 2.55. The highest BCUT2D eigenvalue weighted by atomic mass is 16.5. The molecule has 1 heterocycles. The molecule has 2 aromatic rings. The highest BCUT2D eigenvalue weighted by Gasteiger charge is 2.37. The molecule has 1 amide bonds. The van der Waals surface area contributed by atoms with E-state index in [1.807, 2.05) is 18.2 Å². The van der Waals surface area contributed by atoms with Crippen molar-refractivity contribution in [3.63, 3.8) is 0 Å². The van der Waals surface area contributed by atoms with Crippen LogP contribution in [0, 0.1) is 5.92 Å². The van der Waals surface area contributed by atoms with Crippen LogP contribution in [0.15, 0.2) is 34.9 Å². The summed E-state index contributed by atoms with van der Waals surface area (Å²) in [4.78, 5) is 15.4. The highest BCUT2D eigenvalue weighted by molar-refractivity contribution is 5.72. The number of amides is 1. The number of hydrogen-bond donors (Lipinski definition) is 1. The van der Waals surface area contributed by atoms with Crippen LogP contribution in [0.2, 0.25) is 0 Å². The van der Waals surface area contributed by atoms with E-state index in [1.165, 1.54) is 25.3 Å². The SMILES string of the molecule is CC(=O)NCCc1noc([C@@H](c2ccccc2)C2CC2)n1. The van der Waals surface area contributed by atoms with Gasteiger partial charge in [0.2, 0.25) is 11.8 Å². The van der Waals surface area contributed by atoms with Crippen molar-refractivity contribution in [2.75, 3.05) is 6.54 Å². The first-order valence-corrected chi connectivity index (χ1v) is 7.36. The molecule has 1 fully saturated rings. The Kier molecular flexibility index (Phi) is 3.99. The van der Waals surface area contributed by atoms with E-state index < -0.39 is 0 Å². The number of hydrogen-bond acceptors (Lipinski definition) is 4. The molecule has 1 aliphatic rings. The van der Waals surface area contributed by atoms with Gasteiger partial charge in [0.25, 0.3) is 0 Å². The molecule has 0 unspecified atom stereocenters. The Labute approximate surface area is 123 Å².